The van der Waals surface area contributed by atoms with Crippen molar-refractivity contribution in [1.29, 1.82) is 0 Å². The molecule has 1 rings (SSSR count). The largest absolute Gasteiger partial charge is 0.444 e. The smallest absolute Gasteiger partial charge is 0.412 e. The van der Waals surface area contributed by atoms with E-state index in [1.54, 1.807) is 32.9 Å². The van der Waals surface area contributed by atoms with E-state index in [0.717, 1.165) is 0 Å². The molecule has 0 fully saturated rings. The number of anilines is 1. The molecule has 1 amide bonds. The lowest BCUT2D eigenvalue weighted by Crippen LogP contribution is -2.27. The van der Waals surface area contributed by atoms with E-state index >= 15 is 0 Å². The number of nitrogens with one attached hydrogen (secondary N) is 1. The SMILES string of the molecule is CC(C)(C)OC(=O)Nc1cccc(I)c1F. The zero-order valence-corrected chi connectivity index (χ0v) is 11.5. The molecule has 0 saturated heterocycles. The predicted octanol–water partition coefficient (Wildman–Crippen LogP) is 3.78. The first-order valence-electron chi connectivity index (χ1n) is 4.73. The van der Waals surface area contributed by atoms with Gasteiger partial charge < -0.3 is 4.74 Å². The third-order valence-corrected chi connectivity index (χ3v) is 2.42. The van der Waals surface area contributed by atoms with Crippen LogP contribution in [-0.2, 0) is 4.74 Å². The minimum absolute atomic E-state index is 0.126. The average Bonchev–Trinajstić information content (AvgIpc) is 2.09. The number of halogens is 2. The highest BCUT2D eigenvalue weighted by molar-refractivity contribution is 14.1. The number of carbonyl (C=O) groups is 1. The van der Waals surface area contributed by atoms with Crippen LogP contribution in [0.25, 0.3) is 0 Å². The second-order valence-corrected chi connectivity index (χ2v) is 5.39. The van der Waals surface area contributed by atoms with Crippen LogP contribution in [0.5, 0.6) is 0 Å². The monoisotopic (exact) mass is 337 g/mol. The molecule has 0 aliphatic carbocycles. The Morgan fingerprint density at radius 2 is 2.06 bits per heavy atom. The van der Waals surface area contributed by atoms with Crippen LogP contribution in [0.15, 0.2) is 18.2 Å². The van der Waals surface area contributed by atoms with Crippen molar-refractivity contribution in [3.8, 4) is 0 Å². The van der Waals surface area contributed by atoms with Gasteiger partial charge in [0, 0.05) is 0 Å². The van der Waals surface area contributed by atoms with Crippen molar-refractivity contribution in [2.24, 2.45) is 0 Å². The van der Waals surface area contributed by atoms with E-state index in [4.69, 9.17) is 4.74 Å². The second kappa shape index (κ2) is 4.99. The molecule has 0 heterocycles. The molecule has 0 spiro atoms. The third kappa shape index (κ3) is 3.96. The first-order valence-corrected chi connectivity index (χ1v) is 5.81. The van der Waals surface area contributed by atoms with E-state index < -0.39 is 17.5 Å². The number of hydrogen-bond donors (Lipinski definition) is 1. The van der Waals surface area contributed by atoms with E-state index in [9.17, 15) is 9.18 Å². The highest BCUT2D eigenvalue weighted by atomic mass is 127. The van der Waals surface area contributed by atoms with E-state index in [1.165, 1.54) is 6.07 Å². The van der Waals surface area contributed by atoms with Crippen molar-refractivity contribution in [1.82, 2.24) is 0 Å². The van der Waals surface area contributed by atoms with Gasteiger partial charge >= 0.3 is 6.09 Å². The molecular weight excluding hydrogens is 324 g/mol. The molecule has 0 aromatic heterocycles. The van der Waals surface area contributed by atoms with Gasteiger partial charge in [-0.3, -0.25) is 5.32 Å². The van der Waals surface area contributed by atoms with Crippen LogP contribution in [0.3, 0.4) is 0 Å². The maximum Gasteiger partial charge on any atom is 0.412 e. The lowest BCUT2D eigenvalue weighted by Gasteiger charge is -2.19. The summed E-state index contributed by atoms with van der Waals surface area (Å²) in [7, 11) is 0. The van der Waals surface area contributed by atoms with Gasteiger partial charge in [0.15, 0.2) is 5.82 Å². The number of benzene rings is 1. The molecule has 0 aliphatic heterocycles. The predicted molar refractivity (Wildman–Crippen MR) is 69.0 cm³/mol. The van der Waals surface area contributed by atoms with Crippen LogP contribution in [0.1, 0.15) is 20.8 Å². The van der Waals surface area contributed by atoms with Gasteiger partial charge in [-0.05, 0) is 55.5 Å². The van der Waals surface area contributed by atoms with E-state index in [1.807, 2.05) is 22.6 Å². The van der Waals surface area contributed by atoms with Crippen LogP contribution >= 0.6 is 22.6 Å². The minimum atomic E-state index is -0.659. The molecule has 0 atom stereocenters. The maximum atomic E-state index is 13.5. The Balaban J connectivity index is 2.74. The summed E-state index contributed by atoms with van der Waals surface area (Å²) in [4.78, 5) is 11.4. The quantitative estimate of drug-likeness (QED) is 0.792. The van der Waals surface area contributed by atoms with Gasteiger partial charge in [-0.2, -0.15) is 0 Å². The van der Waals surface area contributed by atoms with E-state index in [-0.39, 0.29) is 5.69 Å². The molecule has 16 heavy (non-hydrogen) atoms. The summed E-state index contributed by atoms with van der Waals surface area (Å²) in [5.41, 5.74) is -0.469. The molecule has 5 heteroatoms. The van der Waals surface area contributed by atoms with Gasteiger partial charge in [0.05, 0.1) is 9.26 Å². The molecule has 1 aromatic rings. The lowest BCUT2D eigenvalue weighted by molar-refractivity contribution is 0.0635. The Hall–Kier alpha value is -0.850. The zero-order valence-electron chi connectivity index (χ0n) is 9.30. The van der Waals surface area contributed by atoms with Crippen molar-refractivity contribution in [2.45, 2.75) is 26.4 Å². The first-order chi connectivity index (χ1) is 7.29. The Kier molecular flexibility index (Phi) is 4.12. The zero-order chi connectivity index (χ0) is 12.3. The molecule has 0 bridgehead atoms. The first kappa shape index (κ1) is 13.2. The summed E-state index contributed by atoms with van der Waals surface area (Å²) in [5, 5.41) is 2.37. The summed E-state index contributed by atoms with van der Waals surface area (Å²) in [6.07, 6.45) is -0.659. The van der Waals surface area contributed by atoms with Crippen LogP contribution in [0.4, 0.5) is 14.9 Å². The van der Waals surface area contributed by atoms with Gasteiger partial charge in [0.25, 0.3) is 0 Å². The molecule has 1 aromatic carbocycles. The van der Waals surface area contributed by atoms with Crippen molar-refractivity contribution >= 4 is 34.4 Å². The average molecular weight is 337 g/mol. The van der Waals surface area contributed by atoms with Gasteiger partial charge in [-0.25, -0.2) is 9.18 Å². The molecule has 0 unspecified atom stereocenters. The summed E-state index contributed by atoms with van der Waals surface area (Å²) < 4.78 is 19.0. The Morgan fingerprint density at radius 3 is 2.62 bits per heavy atom. The van der Waals surface area contributed by atoms with Crippen molar-refractivity contribution in [3.05, 3.63) is 27.6 Å². The number of ether oxygens (including phenoxy) is 1. The normalized spacial score (nSPS) is 11.1. The standard InChI is InChI=1S/C11H13FINO2/c1-11(2,3)16-10(15)14-8-6-4-5-7(13)9(8)12/h4-6H,1-3H3,(H,14,15). The van der Waals surface area contributed by atoms with Crippen molar-refractivity contribution in [3.63, 3.8) is 0 Å². The Morgan fingerprint density at radius 1 is 1.44 bits per heavy atom. The molecule has 1 N–H and O–H groups in total. The van der Waals surface area contributed by atoms with Gasteiger partial charge in [-0.1, -0.05) is 6.07 Å². The summed E-state index contributed by atoms with van der Waals surface area (Å²) in [6, 6.07) is 4.77. The number of amides is 1. The summed E-state index contributed by atoms with van der Waals surface area (Å²) >= 11 is 1.86. The van der Waals surface area contributed by atoms with Crippen LogP contribution in [0, 0.1) is 9.39 Å². The molecular formula is C11H13FINO2. The minimum Gasteiger partial charge on any atom is -0.444 e. The van der Waals surface area contributed by atoms with Gasteiger partial charge in [-0.15, -0.1) is 0 Å². The molecule has 0 aliphatic rings. The van der Waals surface area contributed by atoms with Gasteiger partial charge in [0.2, 0.25) is 0 Å². The highest BCUT2D eigenvalue weighted by Gasteiger charge is 2.17. The lowest BCUT2D eigenvalue weighted by atomic mass is 10.2. The second-order valence-electron chi connectivity index (χ2n) is 4.23. The Labute approximate surface area is 108 Å². The van der Waals surface area contributed by atoms with Crippen molar-refractivity contribution < 1.29 is 13.9 Å². The van der Waals surface area contributed by atoms with Crippen LogP contribution in [0.2, 0.25) is 0 Å². The topological polar surface area (TPSA) is 38.3 Å². The number of rotatable bonds is 1. The fraction of sp³-hybridized carbons (Fsp3) is 0.364. The molecule has 88 valence electrons. The number of carbonyl (C=O) groups excluding carboxylic acids is 1. The highest BCUT2D eigenvalue weighted by Crippen LogP contribution is 2.20. The van der Waals surface area contributed by atoms with Crippen LogP contribution in [-0.4, -0.2) is 11.7 Å². The third-order valence-electron chi connectivity index (χ3n) is 1.59. The summed E-state index contributed by atoms with van der Waals surface area (Å²) in [6.45, 7) is 5.24. The summed E-state index contributed by atoms with van der Waals surface area (Å²) in [5.74, 6) is -0.450. The molecule has 3 nitrogen and oxygen atoms in total. The number of hydrogen-bond acceptors (Lipinski definition) is 2. The van der Waals surface area contributed by atoms with E-state index in [2.05, 4.69) is 5.32 Å². The maximum absolute atomic E-state index is 13.5. The Bertz CT molecular complexity index is 401. The molecule has 0 radical (unpaired) electrons. The fourth-order valence-electron chi connectivity index (χ4n) is 1.01. The van der Waals surface area contributed by atoms with Crippen molar-refractivity contribution in [2.75, 3.05) is 5.32 Å². The fourth-order valence-corrected chi connectivity index (χ4v) is 1.51. The van der Waals surface area contributed by atoms with Gasteiger partial charge in [0.1, 0.15) is 5.60 Å². The van der Waals surface area contributed by atoms with E-state index in [0.29, 0.717) is 3.57 Å². The molecule has 0 saturated carbocycles. The van der Waals surface area contributed by atoms with Crippen LogP contribution < -0.4 is 5.32 Å².